The molecule has 0 aliphatic carbocycles. The molecule has 2 aromatic carbocycles. The Morgan fingerprint density at radius 3 is 2.25 bits per heavy atom. The first kappa shape index (κ1) is 14.9. The summed E-state index contributed by atoms with van der Waals surface area (Å²) < 4.78 is 6.11. The Balaban J connectivity index is 2.37. The average Bonchev–Trinajstić information content (AvgIpc) is 2.37. The largest absolute Gasteiger partial charge is 0.457 e. The number of aryl methyl sites for hydroxylation is 3. The summed E-state index contributed by atoms with van der Waals surface area (Å²) in [6.07, 6.45) is 0.856. The number of hydrogen-bond donors (Lipinski definition) is 1. The maximum Gasteiger partial charge on any atom is 0.133 e. The van der Waals surface area contributed by atoms with Crippen molar-refractivity contribution in [1.82, 2.24) is 0 Å². The molecular weight excluding hydrogens is 270 g/mol. The zero-order valence-corrected chi connectivity index (χ0v) is 12.9. The van der Waals surface area contributed by atoms with Crippen molar-refractivity contribution < 1.29 is 4.74 Å². The highest BCUT2D eigenvalue weighted by molar-refractivity contribution is 6.30. The number of halogens is 1. The third kappa shape index (κ3) is 3.33. The lowest BCUT2D eigenvalue weighted by Gasteiger charge is -2.15. The minimum Gasteiger partial charge on any atom is -0.457 e. The van der Waals surface area contributed by atoms with Crippen LogP contribution in [0.1, 0.15) is 22.3 Å². The zero-order chi connectivity index (χ0) is 14.7. The van der Waals surface area contributed by atoms with Crippen LogP contribution in [0.3, 0.4) is 0 Å². The monoisotopic (exact) mass is 289 g/mol. The van der Waals surface area contributed by atoms with Crippen LogP contribution in [0.4, 0.5) is 0 Å². The zero-order valence-electron chi connectivity index (χ0n) is 12.2. The van der Waals surface area contributed by atoms with Crippen molar-refractivity contribution in [3.05, 3.63) is 57.6 Å². The fraction of sp³-hybridized carbons (Fsp3) is 0.294. The van der Waals surface area contributed by atoms with Crippen molar-refractivity contribution in [1.29, 1.82) is 0 Å². The SMILES string of the molecule is Cc1ccc(CCN)cc1Oc1c(C)cc(Cl)cc1C. The van der Waals surface area contributed by atoms with E-state index in [0.717, 1.165) is 39.6 Å². The molecule has 3 heteroatoms. The van der Waals surface area contributed by atoms with Gasteiger partial charge in [0.25, 0.3) is 0 Å². The Labute approximate surface area is 125 Å². The third-order valence-electron chi connectivity index (χ3n) is 3.32. The van der Waals surface area contributed by atoms with Gasteiger partial charge in [-0.2, -0.15) is 0 Å². The molecule has 106 valence electrons. The van der Waals surface area contributed by atoms with Gasteiger partial charge in [-0.15, -0.1) is 0 Å². The van der Waals surface area contributed by atoms with Gasteiger partial charge in [0.15, 0.2) is 0 Å². The van der Waals surface area contributed by atoms with Crippen LogP contribution >= 0.6 is 11.6 Å². The molecule has 0 heterocycles. The molecule has 0 aromatic heterocycles. The van der Waals surface area contributed by atoms with Crippen molar-refractivity contribution in [2.24, 2.45) is 5.73 Å². The maximum atomic E-state index is 6.11. The summed E-state index contributed by atoms with van der Waals surface area (Å²) in [5.74, 6) is 1.76. The number of hydrogen-bond acceptors (Lipinski definition) is 2. The lowest BCUT2D eigenvalue weighted by atomic mass is 10.1. The van der Waals surface area contributed by atoms with E-state index in [0.29, 0.717) is 6.54 Å². The van der Waals surface area contributed by atoms with Crippen molar-refractivity contribution in [3.63, 3.8) is 0 Å². The summed E-state index contributed by atoms with van der Waals surface area (Å²) in [6.45, 7) is 6.70. The van der Waals surface area contributed by atoms with Crippen LogP contribution in [-0.4, -0.2) is 6.54 Å². The minimum absolute atomic E-state index is 0.640. The number of benzene rings is 2. The Bertz CT molecular complexity index is 599. The molecule has 0 amide bonds. The molecule has 2 nitrogen and oxygen atoms in total. The highest BCUT2D eigenvalue weighted by atomic mass is 35.5. The molecule has 2 rings (SSSR count). The highest BCUT2D eigenvalue weighted by Crippen LogP contribution is 2.33. The quantitative estimate of drug-likeness (QED) is 0.895. The van der Waals surface area contributed by atoms with Gasteiger partial charge in [0, 0.05) is 5.02 Å². The van der Waals surface area contributed by atoms with Crippen LogP contribution < -0.4 is 10.5 Å². The molecule has 0 fully saturated rings. The fourth-order valence-electron chi connectivity index (χ4n) is 2.25. The molecular formula is C17H20ClNO. The molecule has 0 saturated carbocycles. The van der Waals surface area contributed by atoms with Crippen molar-refractivity contribution in [2.75, 3.05) is 6.54 Å². The van der Waals surface area contributed by atoms with E-state index in [4.69, 9.17) is 22.1 Å². The maximum absolute atomic E-state index is 6.11. The van der Waals surface area contributed by atoms with Gasteiger partial charge in [-0.05, 0) is 74.2 Å². The van der Waals surface area contributed by atoms with Crippen molar-refractivity contribution in [3.8, 4) is 11.5 Å². The Kier molecular flexibility index (Phi) is 4.69. The Morgan fingerprint density at radius 1 is 1.00 bits per heavy atom. The van der Waals surface area contributed by atoms with Gasteiger partial charge in [0.1, 0.15) is 11.5 Å². The molecule has 0 atom stereocenters. The lowest BCUT2D eigenvalue weighted by molar-refractivity contribution is 0.471. The van der Waals surface area contributed by atoms with Crippen LogP contribution in [0.2, 0.25) is 5.02 Å². The van der Waals surface area contributed by atoms with E-state index < -0.39 is 0 Å². The van der Waals surface area contributed by atoms with Crippen LogP contribution in [0.15, 0.2) is 30.3 Å². The first-order valence-corrected chi connectivity index (χ1v) is 7.13. The van der Waals surface area contributed by atoms with Gasteiger partial charge in [-0.3, -0.25) is 0 Å². The molecule has 0 unspecified atom stereocenters. The summed E-state index contributed by atoms with van der Waals surface area (Å²) in [5, 5.41) is 0.737. The van der Waals surface area contributed by atoms with E-state index in [1.54, 1.807) is 0 Å². The van der Waals surface area contributed by atoms with Crippen LogP contribution in [-0.2, 0) is 6.42 Å². The molecule has 0 radical (unpaired) electrons. The lowest BCUT2D eigenvalue weighted by Crippen LogP contribution is -2.03. The van der Waals surface area contributed by atoms with Gasteiger partial charge in [-0.1, -0.05) is 23.7 Å². The van der Waals surface area contributed by atoms with E-state index >= 15 is 0 Å². The Morgan fingerprint density at radius 2 is 1.65 bits per heavy atom. The van der Waals surface area contributed by atoms with Crippen molar-refractivity contribution in [2.45, 2.75) is 27.2 Å². The predicted molar refractivity (Wildman–Crippen MR) is 84.9 cm³/mol. The molecule has 2 N–H and O–H groups in total. The summed E-state index contributed by atoms with van der Waals surface area (Å²) in [7, 11) is 0. The minimum atomic E-state index is 0.640. The standard InChI is InChI=1S/C17H20ClNO/c1-11-4-5-14(6-7-19)10-16(11)20-17-12(2)8-15(18)9-13(17)3/h4-5,8-10H,6-7,19H2,1-3H3. The highest BCUT2D eigenvalue weighted by Gasteiger charge is 2.09. The predicted octanol–water partition coefficient (Wildman–Crippen LogP) is 4.56. The molecule has 0 aliphatic rings. The number of ether oxygens (including phenoxy) is 1. The number of rotatable bonds is 4. The van der Waals surface area contributed by atoms with Crippen LogP contribution in [0.5, 0.6) is 11.5 Å². The topological polar surface area (TPSA) is 35.2 Å². The smallest absolute Gasteiger partial charge is 0.133 e. The van der Waals surface area contributed by atoms with Gasteiger partial charge in [0.2, 0.25) is 0 Å². The summed E-state index contributed by atoms with van der Waals surface area (Å²) in [5.41, 5.74) is 9.99. The van der Waals surface area contributed by atoms with Gasteiger partial charge < -0.3 is 10.5 Å². The molecule has 20 heavy (non-hydrogen) atoms. The third-order valence-corrected chi connectivity index (χ3v) is 3.54. The second-order valence-electron chi connectivity index (χ2n) is 5.11. The molecule has 0 spiro atoms. The average molecular weight is 290 g/mol. The Hall–Kier alpha value is -1.51. The van der Waals surface area contributed by atoms with Gasteiger partial charge in [0.05, 0.1) is 0 Å². The second-order valence-corrected chi connectivity index (χ2v) is 5.55. The molecule has 2 aromatic rings. The fourth-order valence-corrected chi connectivity index (χ4v) is 2.57. The van der Waals surface area contributed by atoms with Gasteiger partial charge >= 0.3 is 0 Å². The van der Waals surface area contributed by atoms with Crippen molar-refractivity contribution >= 4 is 11.6 Å². The summed E-state index contributed by atoms with van der Waals surface area (Å²) in [4.78, 5) is 0. The van der Waals surface area contributed by atoms with E-state index in [1.165, 1.54) is 5.56 Å². The second kappa shape index (κ2) is 6.29. The van der Waals surface area contributed by atoms with Crippen LogP contribution in [0, 0.1) is 20.8 Å². The first-order chi connectivity index (χ1) is 9.51. The van der Waals surface area contributed by atoms with E-state index in [9.17, 15) is 0 Å². The molecule has 0 bridgehead atoms. The van der Waals surface area contributed by atoms with E-state index in [-0.39, 0.29) is 0 Å². The van der Waals surface area contributed by atoms with Crippen LogP contribution in [0.25, 0.3) is 0 Å². The summed E-state index contributed by atoms with van der Waals surface area (Å²) >= 11 is 6.05. The molecule has 0 aliphatic heterocycles. The first-order valence-electron chi connectivity index (χ1n) is 6.75. The summed E-state index contributed by atoms with van der Waals surface area (Å²) in [6, 6.07) is 10.1. The molecule has 0 saturated heterocycles. The number of nitrogens with two attached hydrogens (primary N) is 1. The normalized spacial score (nSPS) is 10.7. The van der Waals surface area contributed by atoms with E-state index in [1.807, 2.05) is 32.9 Å². The van der Waals surface area contributed by atoms with Gasteiger partial charge in [-0.25, -0.2) is 0 Å². The van der Waals surface area contributed by atoms with E-state index in [2.05, 4.69) is 18.2 Å².